The van der Waals surface area contributed by atoms with Gasteiger partial charge in [0.25, 0.3) is 0 Å². The number of hydrogen-bond acceptors (Lipinski definition) is 1. The lowest BCUT2D eigenvalue weighted by atomic mass is 10.1. The third-order valence-corrected chi connectivity index (χ3v) is 3.97. The van der Waals surface area contributed by atoms with E-state index in [2.05, 4.69) is 46.3 Å². The van der Waals surface area contributed by atoms with Gasteiger partial charge in [-0.3, -0.25) is 0 Å². The summed E-state index contributed by atoms with van der Waals surface area (Å²) < 4.78 is 7.05. The van der Waals surface area contributed by atoms with Gasteiger partial charge < -0.3 is 4.42 Å². The summed E-state index contributed by atoms with van der Waals surface area (Å²) in [6.07, 6.45) is 0. The lowest BCUT2D eigenvalue weighted by molar-refractivity contribution is 0.670. The fraction of sp³-hybridized carbons (Fsp3) is 0. The van der Waals surface area contributed by atoms with Gasteiger partial charge in [-0.2, -0.15) is 0 Å². The molecule has 0 aliphatic heterocycles. The predicted molar refractivity (Wildman–Crippen MR) is 78.9 cm³/mol. The Balaban J connectivity index is 2.33. The molecule has 1 heterocycles. The maximum absolute atomic E-state index is 6.05. The Bertz CT molecular complexity index is 889. The zero-order valence-corrected chi connectivity index (χ0v) is 11.1. The lowest BCUT2D eigenvalue weighted by Crippen LogP contribution is -1.72. The van der Waals surface area contributed by atoms with Crippen molar-refractivity contribution in [2.75, 3.05) is 0 Å². The Morgan fingerprint density at radius 3 is 2.39 bits per heavy atom. The minimum atomic E-state index is 0.920. The average molecular weight is 297 g/mol. The molecule has 0 amide bonds. The summed E-state index contributed by atoms with van der Waals surface area (Å²) in [6.45, 7) is 0. The van der Waals surface area contributed by atoms with Crippen molar-refractivity contribution in [1.29, 1.82) is 0 Å². The quantitative estimate of drug-likeness (QED) is 0.417. The Hall–Kier alpha value is -1.80. The van der Waals surface area contributed by atoms with Crippen LogP contribution in [-0.2, 0) is 0 Å². The van der Waals surface area contributed by atoms with Gasteiger partial charge in [0.05, 0.1) is 4.47 Å². The zero-order valence-electron chi connectivity index (χ0n) is 9.48. The van der Waals surface area contributed by atoms with E-state index in [1.807, 2.05) is 24.3 Å². The number of fused-ring (bicyclic) bond motifs is 5. The van der Waals surface area contributed by atoms with Gasteiger partial charge in [-0.05, 0) is 33.4 Å². The second-order valence-electron chi connectivity index (χ2n) is 4.38. The van der Waals surface area contributed by atoms with Crippen LogP contribution < -0.4 is 0 Å². The highest BCUT2D eigenvalue weighted by molar-refractivity contribution is 9.10. The normalized spacial score (nSPS) is 11.6. The van der Waals surface area contributed by atoms with Gasteiger partial charge in [0.15, 0.2) is 0 Å². The van der Waals surface area contributed by atoms with Crippen molar-refractivity contribution in [2.24, 2.45) is 0 Å². The fourth-order valence-corrected chi connectivity index (χ4v) is 2.94. The first-order valence-electron chi connectivity index (χ1n) is 5.83. The summed E-state index contributed by atoms with van der Waals surface area (Å²) in [5.41, 5.74) is 1.89. The van der Waals surface area contributed by atoms with Gasteiger partial charge >= 0.3 is 0 Å². The molecule has 3 aromatic carbocycles. The van der Waals surface area contributed by atoms with Crippen LogP contribution in [0.25, 0.3) is 32.7 Å². The molecule has 0 spiro atoms. The van der Waals surface area contributed by atoms with Crippen LogP contribution in [0, 0.1) is 0 Å². The van der Waals surface area contributed by atoms with E-state index in [0.29, 0.717) is 0 Å². The number of halogens is 1. The maximum atomic E-state index is 6.05. The molecule has 0 fully saturated rings. The van der Waals surface area contributed by atoms with Crippen LogP contribution in [0.1, 0.15) is 0 Å². The number of furan rings is 1. The summed E-state index contributed by atoms with van der Waals surface area (Å²) >= 11 is 3.55. The van der Waals surface area contributed by atoms with Crippen LogP contribution in [0.5, 0.6) is 0 Å². The SMILES string of the molecule is Brc1cccc2c1oc1c3ccccc3ccc21. The van der Waals surface area contributed by atoms with Gasteiger partial charge in [0.2, 0.25) is 0 Å². The topological polar surface area (TPSA) is 13.1 Å². The highest BCUT2D eigenvalue weighted by Gasteiger charge is 2.11. The van der Waals surface area contributed by atoms with Gasteiger partial charge in [0.1, 0.15) is 11.2 Å². The van der Waals surface area contributed by atoms with E-state index in [4.69, 9.17) is 4.42 Å². The number of benzene rings is 3. The van der Waals surface area contributed by atoms with Gasteiger partial charge in [-0.25, -0.2) is 0 Å². The summed E-state index contributed by atoms with van der Waals surface area (Å²) in [5, 5.41) is 4.70. The highest BCUT2D eigenvalue weighted by atomic mass is 79.9. The molecule has 0 N–H and O–H groups in total. The molecule has 2 heteroatoms. The molecule has 1 aromatic heterocycles. The first kappa shape index (κ1) is 10.2. The minimum Gasteiger partial charge on any atom is -0.454 e. The van der Waals surface area contributed by atoms with E-state index < -0.39 is 0 Å². The lowest BCUT2D eigenvalue weighted by Gasteiger charge is -1.97. The number of rotatable bonds is 0. The summed E-state index contributed by atoms with van der Waals surface area (Å²) in [6, 6.07) is 18.7. The molecule has 0 unspecified atom stereocenters. The van der Waals surface area contributed by atoms with Crippen LogP contribution in [-0.4, -0.2) is 0 Å². The van der Waals surface area contributed by atoms with Crippen molar-refractivity contribution in [3.05, 3.63) is 59.1 Å². The average Bonchev–Trinajstić information content (AvgIpc) is 2.79. The van der Waals surface area contributed by atoms with Gasteiger partial charge in [-0.1, -0.05) is 42.5 Å². The Kier molecular flexibility index (Phi) is 2.03. The van der Waals surface area contributed by atoms with E-state index in [9.17, 15) is 0 Å². The fourth-order valence-electron chi connectivity index (χ4n) is 2.49. The van der Waals surface area contributed by atoms with E-state index in [0.717, 1.165) is 26.4 Å². The minimum absolute atomic E-state index is 0.920. The smallest absolute Gasteiger partial charge is 0.149 e. The van der Waals surface area contributed by atoms with Crippen molar-refractivity contribution in [2.45, 2.75) is 0 Å². The monoisotopic (exact) mass is 296 g/mol. The summed E-state index contributed by atoms with van der Waals surface area (Å²) in [5.74, 6) is 0. The third-order valence-electron chi connectivity index (χ3n) is 3.34. The van der Waals surface area contributed by atoms with E-state index in [1.165, 1.54) is 10.8 Å². The van der Waals surface area contributed by atoms with Crippen molar-refractivity contribution < 1.29 is 4.42 Å². The van der Waals surface area contributed by atoms with Crippen LogP contribution in [0.2, 0.25) is 0 Å². The van der Waals surface area contributed by atoms with Crippen molar-refractivity contribution in [1.82, 2.24) is 0 Å². The molecule has 0 aliphatic carbocycles. The molecule has 0 radical (unpaired) electrons. The summed E-state index contributed by atoms with van der Waals surface area (Å²) in [7, 11) is 0. The Labute approximate surface area is 112 Å². The molecule has 1 nitrogen and oxygen atoms in total. The van der Waals surface area contributed by atoms with Crippen LogP contribution in [0.3, 0.4) is 0 Å². The molecule has 0 saturated carbocycles. The van der Waals surface area contributed by atoms with Crippen molar-refractivity contribution in [3.8, 4) is 0 Å². The van der Waals surface area contributed by atoms with Crippen LogP contribution in [0.15, 0.2) is 63.5 Å². The molecule has 18 heavy (non-hydrogen) atoms. The van der Waals surface area contributed by atoms with E-state index >= 15 is 0 Å². The van der Waals surface area contributed by atoms with Crippen LogP contribution >= 0.6 is 15.9 Å². The first-order valence-corrected chi connectivity index (χ1v) is 6.62. The molecular weight excluding hydrogens is 288 g/mol. The highest BCUT2D eigenvalue weighted by Crippen LogP contribution is 2.36. The number of hydrogen-bond donors (Lipinski definition) is 0. The molecule has 0 bridgehead atoms. The van der Waals surface area contributed by atoms with Gasteiger partial charge in [0, 0.05) is 16.2 Å². The van der Waals surface area contributed by atoms with E-state index in [1.54, 1.807) is 0 Å². The Morgan fingerprint density at radius 2 is 1.44 bits per heavy atom. The second kappa shape index (κ2) is 3.59. The largest absolute Gasteiger partial charge is 0.454 e. The second-order valence-corrected chi connectivity index (χ2v) is 5.24. The molecular formula is C16H9BrO. The first-order chi connectivity index (χ1) is 8.84. The summed E-state index contributed by atoms with van der Waals surface area (Å²) in [4.78, 5) is 0. The van der Waals surface area contributed by atoms with Crippen LogP contribution in [0.4, 0.5) is 0 Å². The molecule has 4 rings (SSSR count). The number of para-hydroxylation sites is 1. The third kappa shape index (κ3) is 1.27. The standard InChI is InChI=1S/C16H9BrO/c17-14-7-3-6-12-13-9-8-10-4-1-2-5-11(10)15(13)18-16(12)14/h1-9H. The maximum Gasteiger partial charge on any atom is 0.149 e. The molecule has 0 aliphatic rings. The van der Waals surface area contributed by atoms with E-state index in [-0.39, 0.29) is 0 Å². The predicted octanol–water partition coefficient (Wildman–Crippen LogP) is 5.50. The zero-order chi connectivity index (χ0) is 12.1. The Morgan fingerprint density at radius 1 is 0.667 bits per heavy atom. The van der Waals surface area contributed by atoms with Crippen molar-refractivity contribution in [3.63, 3.8) is 0 Å². The molecule has 0 saturated heterocycles. The van der Waals surface area contributed by atoms with Crippen molar-refractivity contribution >= 4 is 48.6 Å². The molecule has 86 valence electrons. The molecule has 0 atom stereocenters. The molecule has 4 aromatic rings. The van der Waals surface area contributed by atoms with Gasteiger partial charge in [-0.15, -0.1) is 0 Å².